The molecule has 0 radical (unpaired) electrons. The van der Waals surface area contributed by atoms with Gasteiger partial charge in [-0.05, 0) is 50.7 Å². The Labute approximate surface area is 214 Å². The number of amides is 5. The third-order valence-corrected chi connectivity index (χ3v) is 5.80. The second kappa shape index (κ2) is 18.4. The third-order valence-electron chi connectivity index (χ3n) is 5.16. The monoisotopic (exact) mass is 533 g/mol. The molecule has 0 saturated carbocycles. The number of thioether (sulfide) groups is 1. The van der Waals surface area contributed by atoms with E-state index in [1.165, 1.54) is 11.8 Å². The molecule has 0 spiro atoms. The Bertz CT molecular complexity index is 769. The zero-order valence-corrected chi connectivity index (χ0v) is 21.3. The molecule has 0 fully saturated rings. The number of rotatable bonds is 20. The summed E-state index contributed by atoms with van der Waals surface area (Å²) in [4.78, 5) is 72.0. The predicted octanol–water partition coefficient (Wildman–Crippen LogP) is -2.73. The van der Waals surface area contributed by atoms with Crippen LogP contribution in [0.1, 0.15) is 51.4 Å². The van der Waals surface area contributed by atoms with Gasteiger partial charge in [0.25, 0.3) is 0 Å². The predicted molar refractivity (Wildman–Crippen MR) is 134 cm³/mol. The van der Waals surface area contributed by atoms with Gasteiger partial charge in [0.2, 0.25) is 29.5 Å². The van der Waals surface area contributed by atoms with Gasteiger partial charge in [-0.15, -0.1) is 0 Å². The van der Waals surface area contributed by atoms with Crippen molar-refractivity contribution in [2.75, 3.05) is 18.6 Å². The fraction of sp³-hybridized carbons (Fsp3) is 0.714. The van der Waals surface area contributed by atoms with E-state index in [2.05, 4.69) is 16.0 Å². The SMILES string of the molecule is CSCCC(NC(=O)C(N)CCCCN)C(=O)NC(CCC(N)=O)C(=O)NC(CCC(N)=O)C(=O)O. The lowest BCUT2D eigenvalue weighted by Crippen LogP contribution is -2.57. The van der Waals surface area contributed by atoms with Crippen LogP contribution in [0.15, 0.2) is 0 Å². The fourth-order valence-corrected chi connectivity index (χ4v) is 3.54. The topological polar surface area (TPSA) is 263 Å². The summed E-state index contributed by atoms with van der Waals surface area (Å²) in [7, 11) is 0. The minimum Gasteiger partial charge on any atom is -0.480 e. The largest absolute Gasteiger partial charge is 0.480 e. The summed E-state index contributed by atoms with van der Waals surface area (Å²) in [6.45, 7) is 0.465. The lowest BCUT2D eigenvalue weighted by molar-refractivity contribution is -0.142. The van der Waals surface area contributed by atoms with Crippen molar-refractivity contribution in [3.05, 3.63) is 0 Å². The highest BCUT2D eigenvalue weighted by atomic mass is 32.2. The first-order valence-electron chi connectivity index (χ1n) is 11.6. The van der Waals surface area contributed by atoms with Gasteiger partial charge in [-0.1, -0.05) is 6.42 Å². The van der Waals surface area contributed by atoms with Crippen molar-refractivity contribution in [3.8, 4) is 0 Å². The molecule has 0 saturated heterocycles. The number of nitrogens with two attached hydrogens (primary N) is 4. The number of hydrogen-bond acceptors (Lipinski definition) is 9. The summed E-state index contributed by atoms with van der Waals surface area (Å²) < 4.78 is 0. The number of carbonyl (C=O) groups excluding carboxylic acids is 5. The van der Waals surface area contributed by atoms with Crippen molar-refractivity contribution in [1.29, 1.82) is 0 Å². The number of carboxylic acids is 1. The van der Waals surface area contributed by atoms with E-state index in [0.717, 1.165) is 0 Å². The van der Waals surface area contributed by atoms with E-state index in [0.29, 0.717) is 31.6 Å². The molecular weight excluding hydrogens is 494 g/mol. The van der Waals surface area contributed by atoms with Crippen molar-refractivity contribution in [2.45, 2.75) is 75.5 Å². The van der Waals surface area contributed by atoms with Crippen LogP contribution in [0.3, 0.4) is 0 Å². The second-order valence-electron chi connectivity index (χ2n) is 8.20. The van der Waals surface area contributed by atoms with Crippen LogP contribution in [-0.2, 0) is 28.8 Å². The molecule has 5 amide bonds. The second-order valence-corrected chi connectivity index (χ2v) is 9.19. The average Bonchev–Trinajstić information content (AvgIpc) is 2.80. The van der Waals surface area contributed by atoms with Crippen LogP contribution in [0.25, 0.3) is 0 Å². The zero-order valence-electron chi connectivity index (χ0n) is 20.5. The third kappa shape index (κ3) is 14.5. The smallest absolute Gasteiger partial charge is 0.326 e. The highest BCUT2D eigenvalue weighted by Gasteiger charge is 2.30. The highest BCUT2D eigenvalue weighted by molar-refractivity contribution is 7.98. The van der Waals surface area contributed by atoms with E-state index in [9.17, 15) is 33.9 Å². The van der Waals surface area contributed by atoms with Gasteiger partial charge in [-0.3, -0.25) is 24.0 Å². The van der Waals surface area contributed by atoms with Crippen molar-refractivity contribution < 1.29 is 33.9 Å². The maximum atomic E-state index is 13.0. The van der Waals surface area contributed by atoms with Crippen LogP contribution < -0.4 is 38.9 Å². The molecule has 15 heteroatoms. The Kier molecular flexibility index (Phi) is 16.9. The van der Waals surface area contributed by atoms with Crippen LogP contribution in [-0.4, -0.2) is 83.3 Å². The van der Waals surface area contributed by atoms with Crippen LogP contribution >= 0.6 is 11.8 Å². The maximum absolute atomic E-state index is 13.0. The van der Waals surface area contributed by atoms with E-state index in [-0.39, 0.29) is 32.1 Å². The molecule has 0 bridgehead atoms. The molecular formula is C21H39N7O7S. The Morgan fingerprint density at radius 2 is 1.22 bits per heavy atom. The standard InChI is InChI=1S/C21H39N7O7S/c1-36-11-9-14(26-18(31)12(23)4-2-3-10-22)20(33)27-13(5-7-16(24)29)19(32)28-15(21(34)35)6-8-17(25)30/h12-15H,2-11,22-23H2,1H3,(H2,24,29)(H2,25,30)(H,26,31)(H,27,33)(H,28,32)(H,34,35). The zero-order chi connectivity index (χ0) is 27.7. The quantitative estimate of drug-likeness (QED) is 0.0748. The summed E-state index contributed by atoms with van der Waals surface area (Å²) in [6, 6.07) is -4.65. The summed E-state index contributed by atoms with van der Waals surface area (Å²) in [6.07, 6.45) is 2.73. The lowest BCUT2D eigenvalue weighted by atomic mass is 10.1. The van der Waals surface area contributed by atoms with E-state index in [4.69, 9.17) is 22.9 Å². The molecule has 4 unspecified atom stereocenters. The first-order valence-corrected chi connectivity index (χ1v) is 13.0. The van der Waals surface area contributed by atoms with Gasteiger partial charge < -0.3 is 44.0 Å². The number of carbonyl (C=O) groups is 6. The van der Waals surface area contributed by atoms with E-state index >= 15 is 0 Å². The lowest BCUT2D eigenvalue weighted by Gasteiger charge is -2.25. The van der Waals surface area contributed by atoms with Crippen molar-refractivity contribution in [1.82, 2.24) is 16.0 Å². The number of hydrogen-bond donors (Lipinski definition) is 8. The first kappa shape index (κ1) is 33.1. The van der Waals surface area contributed by atoms with Gasteiger partial charge in [0.05, 0.1) is 6.04 Å². The van der Waals surface area contributed by atoms with Gasteiger partial charge >= 0.3 is 5.97 Å². The van der Waals surface area contributed by atoms with Gasteiger partial charge in [0.15, 0.2) is 0 Å². The normalized spacial score (nSPS) is 14.1. The van der Waals surface area contributed by atoms with Crippen molar-refractivity contribution in [2.24, 2.45) is 22.9 Å². The van der Waals surface area contributed by atoms with Crippen LogP contribution in [0.5, 0.6) is 0 Å². The molecule has 0 aliphatic rings. The Hall–Kier alpha value is -2.91. The molecule has 0 aromatic rings. The molecule has 0 aromatic heterocycles. The summed E-state index contributed by atoms with van der Waals surface area (Å²) in [5.74, 6) is -4.52. The Balaban J connectivity index is 5.48. The molecule has 36 heavy (non-hydrogen) atoms. The summed E-state index contributed by atoms with van der Waals surface area (Å²) in [5, 5.41) is 16.6. The Morgan fingerprint density at radius 3 is 1.69 bits per heavy atom. The summed E-state index contributed by atoms with van der Waals surface area (Å²) >= 11 is 1.44. The van der Waals surface area contributed by atoms with Gasteiger partial charge in [0, 0.05) is 12.8 Å². The molecule has 0 aliphatic carbocycles. The molecule has 206 valence electrons. The molecule has 4 atom stereocenters. The van der Waals surface area contributed by atoms with Crippen LogP contribution in [0.4, 0.5) is 0 Å². The van der Waals surface area contributed by atoms with Crippen LogP contribution in [0, 0.1) is 0 Å². The number of unbranched alkanes of at least 4 members (excludes halogenated alkanes) is 1. The van der Waals surface area contributed by atoms with E-state index < -0.39 is 59.7 Å². The fourth-order valence-electron chi connectivity index (χ4n) is 3.07. The average molecular weight is 534 g/mol. The van der Waals surface area contributed by atoms with Crippen molar-refractivity contribution in [3.63, 3.8) is 0 Å². The Morgan fingerprint density at radius 1 is 0.750 bits per heavy atom. The number of nitrogens with one attached hydrogen (secondary N) is 3. The molecule has 12 N–H and O–H groups in total. The summed E-state index contributed by atoms with van der Waals surface area (Å²) in [5.41, 5.74) is 21.6. The van der Waals surface area contributed by atoms with Crippen LogP contribution in [0.2, 0.25) is 0 Å². The number of primary amides is 2. The minimum atomic E-state index is -1.45. The highest BCUT2D eigenvalue weighted by Crippen LogP contribution is 2.07. The van der Waals surface area contributed by atoms with Crippen molar-refractivity contribution >= 4 is 47.3 Å². The maximum Gasteiger partial charge on any atom is 0.326 e. The van der Waals surface area contributed by atoms with Gasteiger partial charge in [-0.25, -0.2) is 4.79 Å². The number of aliphatic carboxylic acids is 1. The number of carboxylic acid groups (broad SMARTS) is 1. The van der Waals surface area contributed by atoms with Gasteiger partial charge in [-0.2, -0.15) is 11.8 Å². The molecule has 0 heterocycles. The minimum absolute atomic E-state index is 0.211. The van der Waals surface area contributed by atoms with E-state index in [1.54, 1.807) is 0 Å². The molecule has 14 nitrogen and oxygen atoms in total. The molecule has 0 rings (SSSR count). The van der Waals surface area contributed by atoms with E-state index in [1.807, 2.05) is 6.26 Å². The molecule has 0 aromatic carbocycles. The van der Waals surface area contributed by atoms with Gasteiger partial charge in [0.1, 0.15) is 18.1 Å². The molecule has 0 aliphatic heterocycles. The first-order chi connectivity index (χ1) is 16.9.